The molecule has 0 unspecified atom stereocenters. The summed E-state index contributed by atoms with van der Waals surface area (Å²) >= 11 is 0. The number of rotatable bonds is 6. The topological polar surface area (TPSA) is 51.2 Å². The highest BCUT2D eigenvalue weighted by atomic mass is 16.5. The Morgan fingerprint density at radius 1 is 0.958 bits per heavy atom. The Bertz CT molecular complexity index is 789. The van der Waals surface area contributed by atoms with E-state index in [1.165, 1.54) is 0 Å². The van der Waals surface area contributed by atoms with Crippen LogP contribution in [0.1, 0.15) is 12.0 Å². The summed E-state index contributed by atoms with van der Waals surface area (Å²) in [7, 11) is 0. The van der Waals surface area contributed by atoms with Crippen LogP contribution in [0.4, 0.5) is 5.69 Å². The minimum Gasteiger partial charge on any atom is -0.457 e. The van der Waals surface area contributed by atoms with Crippen molar-refractivity contribution < 1.29 is 9.53 Å². The number of aryl methyl sites for hydroxylation is 1. The first-order valence-electron chi connectivity index (χ1n) is 7.81. The number of para-hydroxylation sites is 1. The van der Waals surface area contributed by atoms with Crippen molar-refractivity contribution in [2.45, 2.75) is 12.8 Å². The van der Waals surface area contributed by atoms with E-state index in [-0.39, 0.29) is 5.91 Å². The number of aromatic nitrogens is 1. The van der Waals surface area contributed by atoms with Gasteiger partial charge in [-0.1, -0.05) is 30.3 Å². The fourth-order valence-electron chi connectivity index (χ4n) is 2.29. The van der Waals surface area contributed by atoms with Gasteiger partial charge in [0, 0.05) is 30.6 Å². The van der Waals surface area contributed by atoms with E-state index >= 15 is 0 Å². The Morgan fingerprint density at radius 2 is 1.79 bits per heavy atom. The Hall–Kier alpha value is -3.14. The van der Waals surface area contributed by atoms with Gasteiger partial charge in [0.15, 0.2) is 0 Å². The molecule has 4 heteroatoms. The summed E-state index contributed by atoms with van der Waals surface area (Å²) in [5.74, 6) is 1.42. The number of pyridine rings is 1. The van der Waals surface area contributed by atoms with E-state index in [0.717, 1.165) is 17.0 Å². The van der Waals surface area contributed by atoms with Crippen molar-refractivity contribution in [3.63, 3.8) is 0 Å². The monoisotopic (exact) mass is 318 g/mol. The minimum atomic E-state index is -0.0317. The molecule has 0 aliphatic carbocycles. The van der Waals surface area contributed by atoms with Crippen molar-refractivity contribution in [3.05, 3.63) is 84.7 Å². The number of hydrogen-bond acceptors (Lipinski definition) is 3. The molecule has 1 heterocycles. The molecule has 0 saturated carbocycles. The lowest BCUT2D eigenvalue weighted by Crippen LogP contribution is -2.12. The maximum Gasteiger partial charge on any atom is 0.224 e. The van der Waals surface area contributed by atoms with Crippen LogP contribution in [0.2, 0.25) is 0 Å². The first kappa shape index (κ1) is 15.7. The van der Waals surface area contributed by atoms with Crippen molar-refractivity contribution in [1.82, 2.24) is 4.98 Å². The summed E-state index contributed by atoms with van der Waals surface area (Å²) in [4.78, 5) is 16.1. The normalized spacial score (nSPS) is 10.2. The lowest BCUT2D eigenvalue weighted by molar-refractivity contribution is -0.116. The molecule has 0 bridgehead atoms. The van der Waals surface area contributed by atoms with Crippen LogP contribution in [0.15, 0.2) is 79.1 Å². The highest BCUT2D eigenvalue weighted by molar-refractivity contribution is 5.91. The van der Waals surface area contributed by atoms with Crippen LogP contribution in [0, 0.1) is 0 Å². The lowest BCUT2D eigenvalue weighted by atomic mass is 10.1. The Kier molecular flexibility index (Phi) is 5.20. The van der Waals surface area contributed by atoms with E-state index in [4.69, 9.17) is 4.74 Å². The van der Waals surface area contributed by atoms with Crippen LogP contribution in [0.25, 0.3) is 0 Å². The van der Waals surface area contributed by atoms with E-state index in [9.17, 15) is 4.79 Å². The molecular formula is C20H18N2O2. The Balaban J connectivity index is 1.57. The average molecular weight is 318 g/mol. The average Bonchev–Trinajstić information content (AvgIpc) is 2.62. The number of amides is 1. The van der Waals surface area contributed by atoms with Gasteiger partial charge in [-0.25, -0.2) is 0 Å². The fourth-order valence-corrected chi connectivity index (χ4v) is 2.29. The molecule has 0 radical (unpaired) electrons. The summed E-state index contributed by atoms with van der Waals surface area (Å²) in [6.45, 7) is 0. The smallest absolute Gasteiger partial charge is 0.224 e. The molecule has 0 atom stereocenters. The number of anilines is 1. The Labute approximate surface area is 141 Å². The SMILES string of the molecule is O=C(CCc1cccnc1)Nc1cccc(Oc2ccccc2)c1. The highest BCUT2D eigenvalue weighted by Gasteiger charge is 2.05. The number of carbonyl (C=O) groups is 1. The molecule has 0 aliphatic rings. The van der Waals surface area contributed by atoms with Gasteiger partial charge < -0.3 is 10.1 Å². The second kappa shape index (κ2) is 7.92. The van der Waals surface area contributed by atoms with Crippen LogP contribution in [0.3, 0.4) is 0 Å². The predicted octanol–water partition coefficient (Wildman–Crippen LogP) is 4.45. The van der Waals surface area contributed by atoms with Gasteiger partial charge in [0.2, 0.25) is 5.91 Å². The summed E-state index contributed by atoms with van der Waals surface area (Å²) in [5.41, 5.74) is 1.77. The summed E-state index contributed by atoms with van der Waals surface area (Å²) in [5, 5.41) is 2.90. The zero-order valence-corrected chi connectivity index (χ0v) is 13.2. The van der Waals surface area contributed by atoms with Crippen LogP contribution >= 0.6 is 0 Å². The number of ether oxygens (including phenoxy) is 1. The number of carbonyl (C=O) groups excluding carboxylic acids is 1. The van der Waals surface area contributed by atoms with Crippen molar-refractivity contribution in [2.75, 3.05) is 5.32 Å². The number of nitrogens with one attached hydrogen (secondary N) is 1. The molecule has 1 amide bonds. The molecular weight excluding hydrogens is 300 g/mol. The molecule has 0 spiro atoms. The highest BCUT2D eigenvalue weighted by Crippen LogP contribution is 2.23. The van der Waals surface area contributed by atoms with Gasteiger partial charge in [-0.3, -0.25) is 9.78 Å². The summed E-state index contributed by atoms with van der Waals surface area (Å²) in [6, 6.07) is 20.8. The molecule has 3 rings (SSSR count). The standard InChI is InChI=1S/C20H18N2O2/c23-20(12-11-16-6-5-13-21-15-16)22-17-7-4-10-19(14-17)24-18-8-2-1-3-9-18/h1-10,13-15H,11-12H2,(H,22,23). The second-order valence-corrected chi connectivity index (χ2v) is 5.35. The third-order valence-electron chi connectivity index (χ3n) is 3.46. The van der Waals surface area contributed by atoms with Gasteiger partial charge in [-0.2, -0.15) is 0 Å². The van der Waals surface area contributed by atoms with Gasteiger partial charge in [-0.05, 0) is 42.3 Å². The number of benzene rings is 2. The summed E-state index contributed by atoms with van der Waals surface area (Å²) < 4.78 is 5.77. The molecule has 3 aromatic rings. The van der Waals surface area contributed by atoms with Gasteiger partial charge in [0.25, 0.3) is 0 Å². The van der Waals surface area contributed by atoms with E-state index in [2.05, 4.69) is 10.3 Å². The molecule has 0 fully saturated rings. The molecule has 1 N–H and O–H groups in total. The van der Waals surface area contributed by atoms with E-state index in [1.807, 2.05) is 66.7 Å². The maximum atomic E-state index is 12.1. The van der Waals surface area contributed by atoms with Crippen molar-refractivity contribution >= 4 is 11.6 Å². The molecule has 0 aliphatic heterocycles. The third kappa shape index (κ3) is 4.68. The fraction of sp³-hybridized carbons (Fsp3) is 0.100. The minimum absolute atomic E-state index is 0.0317. The quantitative estimate of drug-likeness (QED) is 0.731. The first-order valence-corrected chi connectivity index (χ1v) is 7.81. The second-order valence-electron chi connectivity index (χ2n) is 5.35. The molecule has 1 aromatic heterocycles. The predicted molar refractivity (Wildman–Crippen MR) is 94.1 cm³/mol. The maximum absolute atomic E-state index is 12.1. The summed E-state index contributed by atoms with van der Waals surface area (Å²) in [6.07, 6.45) is 4.58. The molecule has 24 heavy (non-hydrogen) atoms. The molecule has 4 nitrogen and oxygen atoms in total. The van der Waals surface area contributed by atoms with Crippen LogP contribution < -0.4 is 10.1 Å². The first-order chi connectivity index (χ1) is 11.8. The Morgan fingerprint density at radius 3 is 2.58 bits per heavy atom. The third-order valence-corrected chi connectivity index (χ3v) is 3.46. The molecule has 2 aromatic carbocycles. The van der Waals surface area contributed by atoms with Crippen molar-refractivity contribution in [3.8, 4) is 11.5 Å². The van der Waals surface area contributed by atoms with E-state index < -0.39 is 0 Å². The van der Waals surface area contributed by atoms with E-state index in [1.54, 1.807) is 12.4 Å². The van der Waals surface area contributed by atoms with Crippen LogP contribution in [-0.2, 0) is 11.2 Å². The van der Waals surface area contributed by atoms with Crippen molar-refractivity contribution in [1.29, 1.82) is 0 Å². The van der Waals surface area contributed by atoms with Crippen LogP contribution in [-0.4, -0.2) is 10.9 Å². The van der Waals surface area contributed by atoms with Crippen LogP contribution in [0.5, 0.6) is 11.5 Å². The molecule has 0 saturated heterocycles. The van der Waals surface area contributed by atoms with Gasteiger partial charge in [0.1, 0.15) is 11.5 Å². The zero-order chi connectivity index (χ0) is 16.6. The largest absolute Gasteiger partial charge is 0.457 e. The van der Waals surface area contributed by atoms with Crippen molar-refractivity contribution in [2.24, 2.45) is 0 Å². The van der Waals surface area contributed by atoms with Gasteiger partial charge >= 0.3 is 0 Å². The number of nitrogens with zero attached hydrogens (tertiary/aromatic N) is 1. The van der Waals surface area contributed by atoms with Gasteiger partial charge in [-0.15, -0.1) is 0 Å². The lowest BCUT2D eigenvalue weighted by Gasteiger charge is -2.09. The van der Waals surface area contributed by atoms with Gasteiger partial charge in [0.05, 0.1) is 0 Å². The number of hydrogen-bond donors (Lipinski definition) is 1. The zero-order valence-electron chi connectivity index (χ0n) is 13.2. The van der Waals surface area contributed by atoms with E-state index in [0.29, 0.717) is 18.6 Å². The molecule has 120 valence electrons.